The van der Waals surface area contributed by atoms with Gasteiger partial charge < -0.3 is 16.0 Å². The molecule has 2 atom stereocenters. The van der Waals surface area contributed by atoms with E-state index >= 15 is 0 Å². The van der Waals surface area contributed by atoms with Gasteiger partial charge in [0.2, 0.25) is 0 Å². The first-order chi connectivity index (χ1) is 6.83. The van der Waals surface area contributed by atoms with E-state index in [1.54, 1.807) is 0 Å². The zero-order valence-corrected chi connectivity index (χ0v) is 7.98. The van der Waals surface area contributed by atoms with Crippen LogP contribution in [-0.2, 0) is 0 Å². The highest BCUT2D eigenvalue weighted by Gasteiger charge is 2.37. The quantitative estimate of drug-likeness (QED) is 0.665. The molecule has 2 aliphatic rings. The van der Waals surface area contributed by atoms with Gasteiger partial charge in [-0.15, -0.1) is 0 Å². The van der Waals surface area contributed by atoms with E-state index in [2.05, 4.69) is 21.3 Å². The molecular formula is C10H14N4. The molecule has 0 radical (unpaired) electrons. The van der Waals surface area contributed by atoms with Crippen LogP contribution in [-0.4, -0.2) is 30.2 Å². The summed E-state index contributed by atoms with van der Waals surface area (Å²) >= 11 is 0. The zero-order chi connectivity index (χ0) is 9.54. The molecular weight excluding hydrogens is 176 g/mol. The third-order valence-electron chi connectivity index (χ3n) is 3.16. The minimum Gasteiger partial charge on any atom is -0.384 e. The van der Waals surface area contributed by atoms with Crippen molar-refractivity contribution in [1.82, 2.24) is 10.3 Å². The molecule has 3 N–H and O–H groups in total. The maximum Gasteiger partial charge on any atom is 0.123 e. The highest BCUT2D eigenvalue weighted by atomic mass is 15.3. The Kier molecular flexibility index (Phi) is 1.64. The summed E-state index contributed by atoms with van der Waals surface area (Å²) < 4.78 is 0. The van der Waals surface area contributed by atoms with Crippen LogP contribution in [0, 0.1) is 0 Å². The van der Waals surface area contributed by atoms with E-state index in [1.165, 1.54) is 12.1 Å². The van der Waals surface area contributed by atoms with E-state index in [9.17, 15) is 0 Å². The lowest BCUT2D eigenvalue weighted by atomic mass is 10.2. The van der Waals surface area contributed by atoms with Crippen LogP contribution in [0.3, 0.4) is 0 Å². The van der Waals surface area contributed by atoms with Crippen molar-refractivity contribution >= 4 is 11.5 Å². The molecule has 2 aliphatic heterocycles. The van der Waals surface area contributed by atoms with Gasteiger partial charge in [-0.2, -0.15) is 0 Å². The van der Waals surface area contributed by atoms with Crippen LogP contribution in [0.4, 0.5) is 11.5 Å². The average molecular weight is 190 g/mol. The van der Waals surface area contributed by atoms with Gasteiger partial charge in [0, 0.05) is 25.2 Å². The van der Waals surface area contributed by atoms with Gasteiger partial charge in [0.25, 0.3) is 0 Å². The average Bonchev–Trinajstić information content (AvgIpc) is 2.80. The molecule has 2 bridgehead atoms. The third kappa shape index (κ3) is 1.14. The zero-order valence-electron chi connectivity index (χ0n) is 7.98. The molecule has 0 aromatic carbocycles. The molecule has 3 heterocycles. The topological polar surface area (TPSA) is 54.2 Å². The Hall–Kier alpha value is -1.29. The predicted octanol–water partition coefficient (Wildman–Crippen LogP) is 0.214. The fourth-order valence-corrected chi connectivity index (χ4v) is 2.44. The van der Waals surface area contributed by atoms with Gasteiger partial charge in [-0.3, -0.25) is 0 Å². The second-order valence-corrected chi connectivity index (χ2v) is 4.09. The molecule has 2 fully saturated rings. The summed E-state index contributed by atoms with van der Waals surface area (Å²) in [6.07, 6.45) is 3.14. The number of anilines is 2. The first-order valence-electron chi connectivity index (χ1n) is 5.04. The number of hydrogen-bond donors (Lipinski definition) is 2. The van der Waals surface area contributed by atoms with E-state index in [-0.39, 0.29) is 0 Å². The Morgan fingerprint density at radius 3 is 3.00 bits per heavy atom. The fraction of sp³-hybridized carbons (Fsp3) is 0.500. The number of rotatable bonds is 1. The van der Waals surface area contributed by atoms with Crippen LogP contribution in [0.2, 0.25) is 0 Å². The summed E-state index contributed by atoms with van der Waals surface area (Å²) in [6.45, 7) is 2.21. The minimum absolute atomic E-state index is 0.594. The summed E-state index contributed by atoms with van der Waals surface area (Å²) in [4.78, 5) is 6.55. The smallest absolute Gasteiger partial charge is 0.123 e. The summed E-state index contributed by atoms with van der Waals surface area (Å²) in [7, 11) is 0. The number of fused-ring (bicyclic) bond motifs is 2. The number of piperazine rings is 1. The number of nitrogen functional groups attached to an aromatic ring is 1. The van der Waals surface area contributed by atoms with Crippen molar-refractivity contribution in [2.75, 3.05) is 23.7 Å². The van der Waals surface area contributed by atoms with Crippen molar-refractivity contribution in [1.29, 1.82) is 0 Å². The number of nitrogens with one attached hydrogen (secondary N) is 1. The normalized spacial score (nSPS) is 29.9. The van der Waals surface area contributed by atoms with E-state index in [4.69, 9.17) is 5.73 Å². The summed E-state index contributed by atoms with van der Waals surface area (Å²) in [5.41, 5.74) is 6.76. The SMILES string of the molecule is Nc1ccc(N2C[C@H]3C[C@@H]2CN3)cn1. The van der Waals surface area contributed by atoms with Gasteiger partial charge in [-0.05, 0) is 18.6 Å². The molecule has 74 valence electrons. The van der Waals surface area contributed by atoms with E-state index in [0.29, 0.717) is 17.9 Å². The van der Waals surface area contributed by atoms with E-state index in [0.717, 1.165) is 13.1 Å². The fourth-order valence-electron chi connectivity index (χ4n) is 2.44. The third-order valence-corrected chi connectivity index (χ3v) is 3.16. The maximum atomic E-state index is 5.56. The molecule has 3 rings (SSSR count). The van der Waals surface area contributed by atoms with Crippen molar-refractivity contribution in [2.45, 2.75) is 18.5 Å². The summed E-state index contributed by atoms with van der Waals surface area (Å²) in [6, 6.07) is 5.26. The Bertz CT molecular complexity index is 334. The highest BCUT2D eigenvalue weighted by Crippen LogP contribution is 2.28. The Balaban J connectivity index is 1.86. The minimum atomic E-state index is 0.594. The molecule has 4 nitrogen and oxygen atoms in total. The molecule has 1 aromatic heterocycles. The molecule has 0 saturated carbocycles. The lowest BCUT2D eigenvalue weighted by Crippen LogP contribution is -2.43. The van der Waals surface area contributed by atoms with Gasteiger partial charge in [-0.1, -0.05) is 0 Å². The Morgan fingerprint density at radius 1 is 1.50 bits per heavy atom. The molecule has 4 heteroatoms. The summed E-state index contributed by atoms with van der Waals surface area (Å²) in [5.74, 6) is 0.594. The van der Waals surface area contributed by atoms with Crippen molar-refractivity contribution < 1.29 is 0 Å². The molecule has 0 spiro atoms. The van der Waals surface area contributed by atoms with Gasteiger partial charge in [-0.25, -0.2) is 4.98 Å². The number of pyridine rings is 1. The van der Waals surface area contributed by atoms with Gasteiger partial charge in [0.05, 0.1) is 11.9 Å². The van der Waals surface area contributed by atoms with Crippen LogP contribution in [0.1, 0.15) is 6.42 Å². The molecule has 0 aliphatic carbocycles. The van der Waals surface area contributed by atoms with Gasteiger partial charge >= 0.3 is 0 Å². The van der Waals surface area contributed by atoms with E-state index in [1.807, 2.05) is 12.3 Å². The van der Waals surface area contributed by atoms with Crippen LogP contribution in [0.5, 0.6) is 0 Å². The Morgan fingerprint density at radius 2 is 2.43 bits per heavy atom. The lowest BCUT2D eigenvalue weighted by Gasteiger charge is -2.29. The first-order valence-corrected chi connectivity index (χ1v) is 5.04. The largest absolute Gasteiger partial charge is 0.384 e. The predicted molar refractivity (Wildman–Crippen MR) is 56.2 cm³/mol. The van der Waals surface area contributed by atoms with Gasteiger partial charge in [0.1, 0.15) is 5.82 Å². The van der Waals surface area contributed by atoms with Gasteiger partial charge in [0.15, 0.2) is 0 Å². The molecule has 1 aromatic rings. The number of aromatic nitrogens is 1. The van der Waals surface area contributed by atoms with Crippen LogP contribution < -0.4 is 16.0 Å². The van der Waals surface area contributed by atoms with Crippen LogP contribution in [0.25, 0.3) is 0 Å². The van der Waals surface area contributed by atoms with Crippen molar-refractivity contribution in [3.05, 3.63) is 18.3 Å². The maximum absolute atomic E-state index is 5.56. The van der Waals surface area contributed by atoms with Crippen molar-refractivity contribution in [3.8, 4) is 0 Å². The number of nitrogens with two attached hydrogens (primary N) is 1. The first kappa shape index (κ1) is 8.05. The Labute approximate surface area is 83.1 Å². The second-order valence-electron chi connectivity index (χ2n) is 4.09. The monoisotopic (exact) mass is 190 g/mol. The van der Waals surface area contributed by atoms with Crippen LogP contribution in [0.15, 0.2) is 18.3 Å². The molecule has 0 amide bonds. The van der Waals surface area contributed by atoms with Crippen LogP contribution >= 0.6 is 0 Å². The summed E-state index contributed by atoms with van der Waals surface area (Å²) in [5, 5.41) is 3.48. The second kappa shape index (κ2) is 2.85. The highest BCUT2D eigenvalue weighted by molar-refractivity contribution is 5.51. The standard InChI is InChI=1S/C10H14N4/c11-10-2-1-8(4-13-10)14-6-7-3-9(14)5-12-7/h1-2,4,7,9,12H,3,5-6H2,(H2,11,13)/t7-,9-/m1/s1. The number of nitrogens with zero attached hydrogens (tertiary/aromatic N) is 2. The van der Waals surface area contributed by atoms with E-state index < -0.39 is 0 Å². The lowest BCUT2D eigenvalue weighted by molar-refractivity contribution is 0.580. The number of hydrogen-bond acceptors (Lipinski definition) is 4. The molecule has 14 heavy (non-hydrogen) atoms. The molecule has 0 unspecified atom stereocenters. The molecule has 2 saturated heterocycles. The van der Waals surface area contributed by atoms with Crippen molar-refractivity contribution in [3.63, 3.8) is 0 Å². The van der Waals surface area contributed by atoms with Crippen molar-refractivity contribution in [2.24, 2.45) is 0 Å².